The zero-order chi connectivity index (χ0) is 30.7. The number of nitrogens with zero attached hydrogens (tertiary/aromatic N) is 6. The summed E-state index contributed by atoms with van der Waals surface area (Å²) in [6.45, 7) is 15.8. The molecule has 2 aliphatic rings. The number of nitrogens with two attached hydrogens (primary N) is 1. The molecule has 0 unspecified atom stereocenters. The van der Waals surface area contributed by atoms with Gasteiger partial charge in [0.1, 0.15) is 11.3 Å². The molecule has 1 spiro atoms. The first-order valence-corrected chi connectivity index (χ1v) is 16.3. The number of aromatic nitrogens is 4. The molecule has 5 heterocycles. The van der Waals surface area contributed by atoms with E-state index in [2.05, 4.69) is 68.7 Å². The van der Waals surface area contributed by atoms with Crippen molar-refractivity contribution in [1.82, 2.24) is 28.7 Å². The number of imidazole rings is 1. The maximum absolute atomic E-state index is 6.33. The van der Waals surface area contributed by atoms with Crippen molar-refractivity contribution in [3.63, 3.8) is 0 Å². The van der Waals surface area contributed by atoms with E-state index >= 15 is 0 Å². The summed E-state index contributed by atoms with van der Waals surface area (Å²) < 4.78 is 4.57. The van der Waals surface area contributed by atoms with Crippen molar-refractivity contribution in [2.24, 2.45) is 5.41 Å². The number of nitrogen functional groups attached to an aromatic ring is 1. The van der Waals surface area contributed by atoms with Crippen LogP contribution in [-0.2, 0) is 6.54 Å². The summed E-state index contributed by atoms with van der Waals surface area (Å²) in [4.78, 5) is 18.2. The number of anilines is 1. The van der Waals surface area contributed by atoms with E-state index < -0.39 is 0 Å². The Kier molecular flexibility index (Phi) is 8.84. The fourth-order valence-corrected chi connectivity index (χ4v) is 7.37. The number of pyridine rings is 2. The topological polar surface area (TPSA) is 76.1 Å². The van der Waals surface area contributed by atoms with Crippen molar-refractivity contribution in [1.29, 1.82) is 0 Å². The highest BCUT2D eigenvalue weighted by atomic mass is 32.2. The van der Waals surface area contributed by atoms with Crippen molar-refractivity contribution >= 4 is 28.9 Å². The minimum absolute atomic E-state index is 0.449. The van der Waals surface area contributed by atoms with Gasteiger partial charge in [0.25, 0.3) is 0 Å². The Morgan fingerprint density at radius 2 is 1.64 bits per heavy atom. The minimum atomic E-state index is 0.449. The first-order chi connectivity index (χ1) is 21.5. The molecule has 2 N–H and O–H groups in total. The second-order valence-corrected chi connectivity index (χ2v) is 13.0. The number of allylic oxidation sites excluding steroid dienone is 1. The molecule has 3 aromatic heterocycles. The van der Waals surface area contributed by atoms with Crippen molar-refractivity contribution in [3.05, 3.63) is 102 Å². The lowest BCUT2D eigenvalue weighted by atomic mass is 9.73. The molecule has 5 aromatic rings. The zero-order valence-electron chi connectivity index (χ0n) is 25.9. The maximum atomic E-state index is 6.33. The van der Waals surface area contributed by atoms with Crippen LogP contribution in [0.1, 0.15) is 39.2 Å². The number of fused-ring (bicyclic) bond motifs is 1. The van der Waals surface area contributed by atoms with E-state index in [0.29, 0.717) is 11.2 Å². The molecule has 0 atom stereocenters. The summed E-state index contributed by atoms with van der Waals surface area (Å²) in [7, 11) is 0. The first kappa shape index (κ1) is 30.1. The Morgan fingerprint density at radius 3 is 2.32 bits per heavy atom. The van der Waals surface area contributed by atoms with E-state index in [0.717, 1.165) is 59.1 Å². The minimum Gasteiger partial charge on any atom is -0.383 e. The van der Waals surface area contributed by atoms with Crippen LogP contribution in [0.2, 0.25) is 0 Å². The summed E-state index contributed by atoms with van der Waals surface area (Å²) in [5, 5.41) is 0. The lowest BCUT2D eigenvalue weighted by Crippen LogP contribution is -2.57. The fourth-order valence-electron chi connectivity index (χ4n) is 6.26. The van der Waals surface area contributed by atoms with Gasteiger partial charge in [-0.15, -0.1) is 0 Å². The quantitative estimate of drug-likeness (QED) is 0.190. The molecule has 44 heavy (non-hydrogen) atoms. The molecule has 0 aliphatic carbocycles. The molecule has 2 aromatic carbocycles. The van der Waals surface area contributed by atoms with Gasteiger partial charge in [-0.3, -0.25) is 9.47 Å². The lowest BCUT2D eigenvalue weighted by molar-refractivity contribution is 0.00436. The van der Waals surface area contributed by atoms with Gasteiger partial charge in [-0.2, -0.15) is 0 Å². The third-order valence-corrected chi connectivity index (χ3v) is 9.31. The third-order valence-electron chi connectivity index (χ3n) is 8.48. The van der Waals surface area contributed by atoms with E-state index in [1.54, 1.807) is 6.20 Å². The van der Waals surface area contributed by atoms with E-state index in [-0.39, 0.29) is 0 Å². The molecule has 226 valence electrons. The van der Waals surface area contributed by atoms with E-state index in [9.17, 15) is 0 Å². The molecule has 2 fully saturated rings. The van der Waals surface area contributed by atoms with E-state index in [4.69, 9.17) is 15.7 Å². The van der Waals surface area contributed by atoms with Gasteiger partial charge in [-0.25, -0.2) is 19.3 Å². The number of hydrogen-bond donors (Lipinski definition) is 1. The Balaban J connectivity index is 0.00000168. The van der Waals surface area contributed by atoms with Crippen molar-refractivity contribution in [2.75, 3.05) is 31.9 Å². The fraction of sp³-hybridized carbons (Fsp3) is 0.306. The van der Waals surface area contributed by atoms with Crippen molar-refractivity contribution in [3.8, 4) is 28.3 Å². The SMILES string of the molecule is C=C(C)SN1CC2(CCN(Cc3ccc(-n4c(-c5cccnc5N)nc5ccc(-c6ccccc6)nc54)cc3)CC2)C1.CC. The summed E-state index contributed by atoms with van der Waals surface area (Å²) in [5.41, 5.74) is 13.5. The first-order valence-electron chi connectivity index (χ1n) is 15.5. The highest BCUT2D eigenvalue weighted by Crippen LogP contribution is 2.44. The molecular formula is C36H41N7S. The molecule has 7 nitrogen and oxygen atoms in total. The number of rotatable bonds is 7. The normalized spacial score (nSPS) is 16.3. The second kappa shape index (κ2) is 12.9. The molecule has 2 saturated heterocycles. The summed E-state index contributed by atoms with van der Waals surface area (Å²) in [6.07, 6.45) is 4.24. The average Bonchev–Trinajstić information content (AvgIpc) is 3.41. The Labute approximate surface area is 265 Å². The summed E-state index contributed by atoms with van der Waals surface area (Å²) >= 11 is 1.82. The largest absolute Gasteiger partial charge is 0.383 e. The lowest BCUT2D eigenvalue weighted by Gasteiger charge is -2.53. The van der Waals surface area contributed by atoms with Gasteiger partial charge in [0.15, 0.2) is 11.5 Å². The highest BCUT2D eigenvalue weighted by Gasteiger charge is 2.45. The molecule has 7 rings (SSSR count). The van der Waals surface area contributed by atoms with Gasteiger partial charge in [0, 0.05) is 42.5 Å². The molecule has 0 saturated carbocycles. The van der Waals surface area contributed by atoms with E-state index in [1.807, 2.05) is 68.3 Å². The van der Waals surface area contributed by atoms with Crippen molar-refractivity contribution < 1.29 is 0 Å². The molecule has 2 aliphatic heterocycles. The van der Waals surface area contributed by atoms with Gasteiger partial charge in [-0.1, -0.05) is 62.9 Å². The van der Waals surface area contributed by atoms with Gasteiger partial charge in [-0.05, 0) is 91.7 Å². The monoisotopic (exact) mass is 603 g/mol. The number of hydrogen-bond acceptors (Lipinski definition) is 7. The smallest absolute Gasteiger partial charge is 0.165 e. The van der Waals surface area contributed by atoms with Gasteiger partial charge in [0.2, 0.25) is 0 Å². The van der Waals surface area contributed by atoms with Crippen LogP contribution < -0.4 is 5.73 Å². The average molecular weight is 604 g/mol. The van der Waals surface area contributed by atoms with Gasteiger partial charge < -0.3 is 5.73 Å². The van der Waals surface area contributed by atoms with Crippen LogP contribution >= 0.6 is 11.9 Å². The number of piperidine rings is 1. The van der Waals surface area contributed by atoms with Crippen LogP contribution in [0.5, 0.6) is 0 Å². The van der Waals surface area contributed by atoms with Crippen molar-refractivity contribution in [2.45, 2.75) is 40.2 Å². The van der Waals surface area contributed by atoms with E-state index in [1.165, 1.54) is 36.4 Å². The molecule has 0 bridgehead atoms. The second-order valence-electron chi connectivity index (χ2n) is 11.6. The highest BCUT2D eigenvalue weighted by molar-refractivity contribution is 8.00. The van der Waals surface area contributed by atoms with Crippen LogP contribution in [0.3, 0.4) is 0 Å². The predicted molar refractivity (Wildman–Crippen MR) is 184 cm³/mol. The number of benzene rings is 2. The zero-order valence-corrected chi connectivity index (χ0v) is 26.7. The standard InChI is InChI=1S/C34H35N7S.C2H6/c1-24(2)42-40-22-34(23-40)16-19-39(20-17-34)21-25-10-12-27(13-11-25)41-32(28-9-6-18-36-31(28)35)38-30-15-14-29(37-33(30)41)26-7-4-3-5-8-26;1-2/h3-15,18H,1,16-17,19-23H2,2H3,(H2,35,36);1-2H3. The summed E-state index contributed by atoms with van der Waals surface area (Å²) in [5.74, 6) is 1.19. The van der Waals surface area contributed by atoms with Crippen LogP contribution in [0.15, 0.2) is 96.5 Å². The third kappa shape index (κ3) is 6.15. The van der Waals surface area contributed by atoms with Crippen LogP contribution in [0, 0.1) is 5.41 Å². The maximum Gasteiger partial charge on any atom is 0.165 e. The Morgan fingerprint density at radius 1 is 0.909 bits per heavy atom. The molecule has 8 heteroatoms. The molecule has 0 radical (unpaired) electrons. The molecule has 0 amide bonds. The predicted octanol–water partition coefficient (Wildman–Crippen LogP) is 7.84. The van der Waals surface area contributed by atoms with Crippen LogP contribution in [0.4, 0.5) is 5.82 Å². The number of likely N-dealkylation sites (tertiary alicyclic amines) is 1. The summed E-state index contributed by atoms with van der Waals surface area (Å²) in [6, 6.07) is 27.0. The Bertz CT molecular complexity index is 1730. The molecular weight excluding hydrogens is 563 g/mol. The van der Waals surface area contributed by atoms with Gasteiger partial charge >= 0.3 is 0 Å². The van der Waals surface area contributed by atoms with Gasteiger partial charge in [0.05, 0.1) is 11.3 Å². The van der Waals surface area contributed by atoms with Crippen LogP contribution in [0.25, 0.3) is 39.5 Å². The Hall–Kier alpha value is -3.98. The van der Waals surface area contributed by atoms with Crippen LogP contribution in [-0.4, -0.2) is 54.9 Å².